The summed E-state index contributed by atoms with van der Waals surface area (Å²) in [5.41, 5.74) is 1.39. The highest BCUT2D eigenvalue weighted by atomic mass is 35.5. The Bertz CT molecular complexity index is 786. The van der Waals surface area contributed by atoms with Crippen molar-refractivity contribution in [3.05, 3.63) is 44.7 Å². The van der Waals surface area contributed by atoms with Gasteiger partial charge in [0, 0.05) is 18.1 Å². The third kappa shape index (κ3) is 3.64. The van der Waals surface area contributed by atoms with Gasteiger partial charge in [0.2, 0.25) is 5.82 Å². The molecule has 2 aromatic rings. The smallest absolute Gasteiger partial charge is 0.373 e. The molecule has 1 aliphatic heterocycles. The number of hydrogen-bond acceptors (Lipinski definition) is 7. The summed E-state index contributed by atoms with van der Waals surface area (Å²) in [7, 11) is 0. The number of nitrogens with zero attached hydrogens (tertiary/aromatic N) is 4. The molecule has 0 spiro atoms. The lowest BCUT2D eigenvalue weighted by Crippen LogP contribution is -2.37. The molecule has 132 valence electrons. The summed E-state index contributed by atoms with van der Waals surface area (Å²) >= 11 is 6.15. The minimum absolute atomic E-state index is 0.0948. The van der Waals surface area contributed by atoms with Crippen LogP contribution in [-0.4, -0.2) is 41.2 Å². The number of anilines is 1. The third-order valence-electron chi connectivity index (χ3n) is 3.89. The van der Waals surface area contributed by atoms with Gasteiger partial charge in [0.1, 0.15) is 12.1 Å². The fourth-order valence-electron chi connectivity index (χ4n) is 2.67. The van der Waals surface area contributed by atoms with Crippen LogP contribution in [0.3, 0.4) is 0 Å². The normalized spacial score (nSPS) is 14.4. The molecule has 25 heavy (non-hydrogen) atoms. The first kappa shape index (κ1) is 17.4. The first-order valence-corrected chi connectivity index (χ1v) is 8.12. The van der Waals surface area contributed by atoms with E-state index in [1.165, 1.54) is 6.33 Å². The molecule has 1 saturated heterocycles. The molecule has 1 fully saturated rings. The second kappa shape index (κ2) is 7.20. The molecule has 9 heteroatoms. The SMILES string of the molecule is Cc1cc(Oc2ncnc(N3CCOCC3)c2[N+](=O)[O-])cc(C)c1Cl. The Hall–Kier alpha value is -2.45. The van der Waals surface area contributed by atoms with E-state index >= 15 is 0 Å². The van der Waals surface area contributed by atoms with E-state index in [0.717, 1.165) is 11.1 Å². The lowest BCUT2D eigenvalue weighted by atomic mass is 10.1. The number of aryl methyl sites for hydroxylation is 2. The molecular formula is C16H17ClN4O4. The minimum atomic E-state index is -0.518. The van der Waals surface area contributed by atoms with Crippen molar-refractivity contribution < 1.29 is 14.4 Å². The molecule has 0 N–H and O–H groups in total. The van der Waals surface area contributed by atoms with Crippen LogP contribution in [0.4, 0.5) is 11.5 Å². The Balaban J connectivity index is 2.00. The number of nitro groups is 1. The molecule has 0 amide bonds. The maximum Gasteiger partial charge on any atom is 0.373 e. The van der Waals surface area contributed by atoms with Crippen LogP contribution in [0.1, 0.15) is 11.1 Å². The van der Waals surface area contributed by atoms with Gasteiger partial charge >= 0.3 is 11.6 Å². The fraction of sp³-hybridized carbons (Fsp3) is 0.375. The van der Waals surface area contributed by atoms with E-state index in [9.17, 15) is 10.1 Å². The van der Waals surface area contributed by atoms with Crippen LogP contribution in [0.2, 0.25) is 5.02 Å². The maximum atomic E-state index is 11.6. The lowest BCUT2D eigenvalue weighted by molar-refractivity contribution is -0.385. The summed E-state index contributed by atoms with van der Waals surface area (Å²) in [6.07, 6.45) is 1.27. The van der Waals surface area contributed by atoms with Crippen molar-refractivity contribution in [1.82, 2.24) is 9.97 Å². The maximum absolute atomic E-state index is 11.6. The first-order chi connectivity index (χ1) is 12.0. The van der Waals surface area contributed by atoms with Crippen molar-refractivity contribution in [2.45, 2.75) is 13.8 Å². The van der Waals surface area contributed by atoms with E-state index < -0.39 is 4.92 Å². The first-order valence-electron chi connectivity index (χ1n) is 7.74. The summed E-state index contributed by atoms with van der Waals surface area (Å²) in [6.45, 7) is 5.72. The van der Waals surface area contributed by atoms with Gasteiger partial charge in [-0.2, -0.15) is 4.98 Å². The van der Waals surface area contributed by atoms with E-state index in [0.29, 0.717) is 37.1 Å². The Labute approximate surface area is 149 Å². The standard InChI is InChI=1S/C16H17ClN4O4/c1-10-7-12(8-11(2)13(10)17)25-16-14(21(22)23)15(18-9-19-16)20-3-5-24-6-4-20/h7-9H,3-6H2,1-2H3. The van der Waals surface area contributed by atoms with Crippen LogP contribution in [-0.2, 0) is 4.74 Å². The van der Waals surface area contributed by atoms with Gasteiger partial charge in [-0.15, -0.1) is 0 Å². The van der Waals surface area contributed by atoms with E-state index in [-0.39, 0.29) is 17.4 Å². The zero-order valence-corrected chi connectivity index (χ0v) is 14.6. The Morgan fingerprint density at radius 1 is 1.24 bits per heavy atom. The van der Waals surface area contributed by atoms with Crippen LogP contribution in [0, 0.1) is 24.0 Å². The van der Waals surface area contributed by atoms with Gasteiger partial charge in [-0.1, -0.05) is 11.6 Å². The number of benzene rings is 1. The van der Waals surface area contributed by atoms with Crippen LogP contribution in [0.5, 0.6) is 11.6 Å². The van der Waals surface area contributed by atoms with Crippen LogP contribution in [0.15, 0.2) is 18.5 Å². The van der Waals surface area contributed by atoms with E-state index in [4.69, 9.17) is 21.1 Å². The lowest BCUT2D eigenvalue weighted by Gasteiger charge is -2.27. The van der Waals surface area contributed by atoms with Crippen molar-refractivity contribution in [2.24, 2.45) is 0 Å². The fourth-order valence-corrected chi connectivity index (χ4v) is 2.78. The molecule has 0 unspecified atom stereocenters. The number of halogens is 1. The predicted molar refractivity (Wildman–Crippen MR) is 92.7 cm³/mol. The molecule has 8 nitrogen and oxygen atoms in total. The second-order valence-corrected chi connectivity index (χ2v) is 6.06. The van der Waals surface area contributed by atoms with Gasteiger partial charge in [-0.25, -0.2) is 4.98 Å². The number of morpholine rings is 1. The van der Waals surface area contributed by atoms with Crippen LogP contribution in [0.25, 0.3) is 0 Å². The molecule has 0 radical (unpaired) electrons. The molecular weight excluding hydrogens is 348 g/mol. The molecule has 0 saturated carbocycles. The Morgan fingerprint density at radius 3 is 2.48 bits per heavy atom. The summed E-state index contributed by atoms with van der Waals surface area (Å²) in [6, 6.07) is 3.44. The highest BCUT2D eigenvalue weighted by Gasteiger charge is 2.29. The number of ether oxygens (including phenoxy) is 2. The zero-order chi connectivity index (χ0) is 18.0. The molecule has 1 aromatic heterocycles. The molecule has 0 atom stereocenters. The summed E-state index contributed by atoms with van der Waals surface area (Å²) in [5.74, 6) is 0.581. The summed E-state index contributed by atoms with van der Waals surface area (Å²) in [4.78, 5) is 21.0. The average Bonchev–Trinajstić information content (AvgIpc) is 2.60. The average molecular weight is 365 g/mol. The van der Waals surface area contributed by atoms with Gasteiger partial charge in [-0.3, -0.25) is 10.1 Å². The predicted octanol–water partition coefficient (Wildman–Crippen LogP) is 3.28. The molecule has 2 heterocycles. The van der Waals surface area contributed by atoms with Gasteiger partial charge in [-0.05, 0) is 37.1 Å². The monoisotopic (exact) mass is 364 g/mol. The molecule has 0 aliphatic carbocycles. The van der Waals surface area contributed by atoms with Gasteiger partial charge in [0.05, 0.1) is 18.1 Å². The van der Waals surface area contributed by atoms with Crippen molar-refractivity contribution in [3.8, 4) is 11.6 Å². The van der Waals surface area contributed by atoms with Crippen LogP contribution >= 0.6 is 11.6 Å². The largest absolute Gasteiger partial charge is 0.434 e. The van der Waals surface area contributed by atoms with Crippen molar-refractivity contribution in [3.63, 3.8) is 0 Å². The van der Waals surface area contributed by atoms with Gasteiger partial charge in [0.25, 0.3) is 0 Å². The Kier molecular flexibility index (Phi) is 5.00. The van der Waals surface area contributed by atoms with Crippen molar-refractivity contribution in [2.75, 3.05) is 31.2 Å². The Morgan fingerprint density at radius 2 is 1.88 bits per heavy atom. The molecule has 1 aliphatic rings. The quantitative estimate of drug-likeness (QED) is 0.607. The highest BCUT2D eigenvalue weighted by Crippen LogP contribution is 2.37. The van der Waals surface area contributed by atoms with E-state index in [1.807, 2.05) is 13.8 Å². The van der Waals surface area contributed by atoms with Crippen LogP contribution < -0.4 is 9.64 Å². The summed E-state index contributed by atoms with van der Waals surface area (Å²) in [5, 5.41) is 12.3. The molecule has 3 rings (SSSR count). The topological polar surface area (TPSA) is 90.6 Å². The van der Waals surface area contributed by atoms with Gasteiger partial charge < -0.3 is 14.4 Å². The zero-order valence-electron chi connectivity index (χ0n) is 13.9. The van der Waals surface area contributed by atoms with E-state index in [2.05, 4.69) is 9.97 Å². The summed E-state index contributed by atoms with van der Waals surface area (Å²) < 4.78 is 11.0. The number of rotatable bonds is 4. The van der Waals surface area contributed by atoms with E-state index in [1.54, 1.807) is 17.0 Å². The van der Waals surface area contributed by atoms with Gasteiger partial charge in [0.15, 0.2) is 0 Å². The van der Waals surface area contributed by atoms with Crippen molar-refractivity contribution >= 4 is 23.1 Å². The minimum Gasteiger partial charge on any atom is -0.434 e. The molecule has 1 aromatic carbocycles. The number of aromatic nitrogens is 2. The molecule has 0 bridgehead atoms. The van der Waals surface area contributed by atoms with Crippen molar-refractivity contribution in [1.29, 1.82) is 0 Å². The number of hydrogen-bond donors (Lipinski definition) is 0. The highest BCUT2D eigenvalue weighted by molar-refractivity contribution is 6.32. The third-order valence-corrected chi connectivity index (χ3v) is 4.48. The second-order valence-electron chi connectivity index (χ2n) is 5.68.